The molecule has 5 atom stereocenters. The van der Waals surface area contributed by atoms with E-state index in [0.29, 0.717) is 11.1 Å². The Balaban J connectivity index is 1.62. The number of fused-ring (bicyclic) bond motifs is 3. The smallest absolute Gasteiger partial charge is 0.235 e. The van der Waals surface area contributed by atoms with Crippen molar-refractivity contribution in [3.63, 3.8) is 0 Å². The number of carbonyl (C=O) groups is 5. The summed E-state index contributed by atoms with van der Waals surface area (Å²) in [5.41, 5.74) is 4.56. The van der Waals surface area contributed by atoms with Crippen LogP contribution in [0.1, 0.15) is 28.8 Å². The number of hydrogen-bond donors (Lipinski definition) is 3. The summed E-state index contributed by atoms with van der Waals surface area (Å²) in [4.78, 5) is 67.9. The van der Waals surface area contributed by atoms with Crippen molar-refractivity contribution in [2.75, 3.05) is 0 Å². The molecule has 0 spiro atoms. The van der Waals surface area contributed by atoms with Gasteiger partial charge in [-0.25, -0.2) is 0 Å². The molecule has 0 saturated heterocycles. The number of carbonyl (C=O) groups excluding carboxylic acids is 5. The Labute approximate surface area is 187 Å². The van der Waals surface area contributed by atoms with Gasteiger partial charge in [-0.3, -0.25) is 29.0 Å². The molecule has 9 nitrogen and oxygen atoms in total. The first-order chi connectivity index (χ1) is 15.7. The molecule has 1 heterocycles. The fraction of sp³-hybridized carbons (Fsp3) is 0.333. The number of primary amides is 1. The third-order valence-corrected chi connectivity index (χ3v) is 7.28. The number of ketones is 4. The number of amides is 1. The highest BCUT2D eigenvalue weighted by Gasteiger charge is 2.66. The summed E-state index contributed by atoms with van der Waals surface area (Å²) in [6.45, 7) is 0. The van der Waals surface area contributed by atoms with Crippen molar-refractivity contribution in [2.24, 2.45) is 29.4 Å². The van der Waals surface area contributed by atoms with Crippen LogP contribution >= 0.6 is 0 Å². The first-order valence-corrected chi connectivity index (χ1v) is 10.6. The second kappa shape index (κ2) is 7.14. The monoisotopic (exact) mass is 448 g/mol. The van der Waals surface area contributed by atoms with Crippen LogP contribution in [0.15, 0.2) is 36.7 Å². The lowest BCUT2D eigenvalue weighted by atomic mass is 9.53. The number of nitrogens with two attached hydrogens (primary N) is 1. The van der Waals surface area contributed by atoms with Crippen molar-refractivity contribution in [1.29, 1.82) is 0 Å². The zero-order valence-electron chi connectivity index (χ0n) is 17.4. The van der Waals surface area contributed by atoms with Gasteiger partial charge in [-0.15, -0.1) is 0 Å². The van der Waals surface area contributed by atoms with Crippen molar-refractivity contribution in [1.82, 2.24) is 4.98 Å². The molecule has 0 radical (unpaired) electrons. The van der Waals surface area contributed by atoms with Gasteiger partial charge in [0.25, 0.3) is 0 Å². The minimum atomic E-state index is -2.64. The molecule has 2 unspecified atom stereocenters. The van der Waals surface area contributed by atoms with Gasteiger partial charge < -0.3 is 15.9 Å². The Hall–Kier alpha value is -3.72. The van der Waals surface area contributed by atoms with Crippen LogP contribution in [0.5, 0.6) is 5.75 Å². The molecule has 1 aromatic carbocycles. The molecule has 9 heteroatoms. The minimum absolute atomic E-state index is 0.0215. The van der Waals surface area contributed by atoms with Gasteiger partial charge >= 0.3 is 0 Å². The molecular weight excluding hydrogens is 428 g/mol. The van der Waals surface area contributed by atoms with E-state index in [-0.39, 0.29) is 30.6 Å². The van der Waals surface area contributed by atoms with Gasteiger partial charge in [-0.2, -0.15) is 0 Å². The van der Waals surface area contributed by atoms with E-state index >= 15 is 0 Å². The maximum Gasteiger partial charge on any atom is 0.235 e. The Morgan fingerprint density at radius 3 is 2.39 bits per heavy atom. The highest BCUT2D eigenvalue weighted by Crippen LogP contribution is 2.51. The van der Waals surface area contributed by atoms with Gasteiger partial charge in [-0.05, 0) is 53.6 Å². The van der Waals surface area contributed by atoms with Crippen molar-refractivity contribution < 1.29 is 34.2 Å². The summed E-state index contributed by atoms with van der Waals surface area (Å²) < 4.78 is 0. The number of Topliss-reactive ketones (excluding diaryl/α,β-unsaturated/α-hetero) is 4. The Morgan fingerprint density at radius 1 is 1.03 bits per heavy atom. The van der Waals surface area contributed by atoms with Gasteiger partial charge in [0.1, 0.15) is 5.75 Å². The molecular formula is C24H20N2O7. The molecule has 1 aromatic heterocycles. The number of benzene rings is 1. The standard InChI is InChI=1S/C24H20N2O7/c25-23(32)19-16(28)9-12-7-11-8-14-13(10-3-5-26-6-4-10)1-2-15(27)18(14)20(29)17(11)21(30)24(12,33)22(19)31/h1-6,11-12,17,19,27,33H,7-9H2,(H2,25,32)/t11-,12+,17?,19?,24+/m1/s1. The molecule has 168 valence electrons. The van der Waals surface area contributed by atoms with Crippen molar-refractivity contribution in [3.8, 4) is 16.9 Å². The highest BCUT2D eigenvalue weighted by molar-refractivity contribution is 6.31. The van der Waals surface area contributed by atoms with Gasteiger partial charge in [0.15, 0.2) is 34.7 Å². The summed E-state index contributed by atoms with van der Waals surface area (Å²) in [5, 5.41) is 21.7. The summed E-state index contributed by atoms with van der Waals surface area (Å²) in [6, 6.07) is 6.57. The number of hydrogen-bond acceptors (Lipinski definition) is 8. The van der Waals surface area contributed by atoms with E-state index in [9.17, 15) is 34.2 Å². The maximum atomic E-state index is 13.5. The average molecular weight is 448 g/mol. The van der Waals surface area contributed by atoms with E-state index in [1.54, 1.807) is 30.6 Å². The molecule has 2 saturated carbocycles. The van der Waals surface area contributed by atoms with Crippen LogP contribution in [0.3, 0.4) is 0 Å². The lowest BCUT2D eigenvalue weighted by Crippen LogP contribution is -2.68. The topological polar surface area (TPSA) is 165 Å². The van der Waals surface area contributed by atoms with Crippen molar-refractivity contribution in [3.05, 3.63) is 47.8 Å². The summed E-state index contributed by atoms with van der Waals surface area (Å²) >= 11 is 0. The molecule has 2 fully saturated rings. The Morgan fingerprint density at radius 2 is 1.73 bits per heavy atom. The predicted octanol–water partition coefficient (Wildman–Crippen LogP) is 0.389. The van der Waals surface area contributed by atoms with E-state index in [2.05, 4.69) is 4.98 Å². The van der Waals surface area contributed by atoms with Crippen LogP contribution in [-0.2, 0) is 25.6 Å². The second-order valence-electron chi connectivity index (χ2n) is 8.96. The van der Waals surface area contributed by atoms with Gasteiger partial charge in [0.2, 0.25) is 5.91 Å². The summed E-state index contributed by atoms with van der Waals surface area (Å²) in [5.74, 6) is -10.1. The number of aromatic nitrogens is 1. The lowest BCUT2D eigenvalue weighted by molar-refractivity contribution is -0.175. The molecule has 2 aromatic rings. The SMILES string of the molecule is NC(=O)C1C(=O)C[C@@H]2C[C@@H]3Cc4c(-c5ccncc5)ccc(O)c4C(=O)C3C(=O)[C@]2(O)C1=O. The number of aromatic hydroxyl groups is 1. The number of aliphatic hydroxyl groups is 1. The maximum absolute atomic E-state index is 13.5. The van der Waals surface area contributed by atoms with Crippen molar-refractivity contribution >= 4 is 29.0 Å². The largest absolute Gasteiger partial charge is 0.507 e. The fourth-order valence-electron chi connectivity index (χ4n) is 5.77. The Bertz CT molecular complexity index is 1250. The first-order valence-electron chi connectivity index (χ1n) is 10.6. The van der Waals surface area contributed by atoms with Crippen LogP contribution in [0, 0.1) is 23.7 Å². The number of nitrogens with zero attached hydrogens (tertiary/aromatic N) is 1. The fourth-order valence-corrected chi connectivity index (χ4v) is 5.77. The van der Waals surface area contributed by atoms with Gasteiger partial charge in [-0.1, -0.05) is 6.07 Å². The minimum Gasteiger partial charge on any atom is -0.507 e. The Kier molecular flexibility index (Phi) is 4.58. The predicted molar refractivity (Wildman–Crippen MR) is 112 cm³/mol. The van der Waals surface area contributed by atoms with Gasteiger partial charge in [0, 0.05) is 24.7 Å². The quantitative estimate of drug-likeness (QED) is 0.555. The van der Waals surface area contributed by atoms with E-state index in [4.69, 9.17) is 5.73 Å². The van der Waals surface area contributed by atoms with E-state index in [1.807, 2.05) is 0 Å². The van der Waals surface area contributed by atoms with Crippen molar-refractivity contribution in [2.45, 2.75) is 24.9 Å². The van der Waals surface area contributed by atoms with Crippen LogP contribution in [0.25, 0.3) is 11.1 Å². The van der Waals surface area contributed by atoms with E-state index in [0.717, 1.165) is 5.56 Å². The second-order valence-corrected chi connectivity index (χ2v) is 8.96. The molecule has 4 N–H and O–H groups in total. The zero-order valence-corrected chi connectivity index (χ0v) is 17.4. The molecule has 0 aliphatic heterocycles. The number of phenols is 1. The molecule has 5 rings (SSSR count). The molecule has 3 aliphatic carbocycles. The van der Waals surface area contributed by atoms with Crippen LogP contribution in [0.4, 0.5) is 0 Å². The zero-order chi connectivity index (χ0) is 23.7. The summed E-state index contributed by atoms with van der Waals surface area (Å²) in [6.07, 6.45) is 3.13. The van der Waals surface area contributed by atoms with Crippen LogP contribution < -0.4 is 5.73 Å². The number of phenolic OH excluding ortho intramolecular Hbond substituents is 1. The number of pyridine rings is 1. The van der Waals surface area contributed by atoms with Crippen LogP contribution in [0.2, 0.25) is 0 Å². The first kappa shape index (κ1) is 21.1. The molecule has 33 heavy (non-hydrogen) atoms. The highest BCUT2D eigenvalue weighted by atomic mass is 16.3. The van der Waals surface area contributed by atoms with Gasteiger partial charge in [0.05, 0.1) is 11.5 Å². The number of rotatable bonds is 2. The molecule has 3 aliphatic rings. The normalized spacial score (nSPS) is 30.9. The van der Waals surface area contributed by atoms with Crippen LogP contribution in [-0.4, -0.2) is 49.8 Å². The lowest BCUT2D eigenvalue weighted by Gasteiger charge is -2.48. The summed E-state index contributed by atoms with van der Waals surface area (Å²) in [7, 11) is 0. The average Bonchev–Trinajstić information content (AvgIpc) is 2.76. The molecule has 0 bridgehead atoms. The molecule has 1 amide bonds. The third-order valence-electron chi connectivity index (χ3n) is 7.28. The van der Waals surface area contributed by atoms with E-state index < -0.39 is 58.3 Å². The van der Waals surface area contributed by atoms with E-state index in [1.165, 1.54) is 6.07 Å². The third kappa shape index (κ3) is 2.82.